The van der Waals surface area contributed by atoms with E-state index < -0.39 is 4.92 Å². The minimum Gasteiger partial charge on any atom is -0.496 e. The molecule has 234 valence electrons. The summed E-state index contributed by atoms with van der Waals surface area (Å²) in [6.07, 6.45) is 4.63. The van der Waals surface area contributed by atoms with Crippen molar-refractivity contribution < 1.29 is 14.1 Å². The molecule has 1 fully saturated rings. The number of nitro groups is 1. The molecular formula is C34H34N8O4. The number of methoxy groups -OCH3 is 1. The van der Waals surface area contributed by atoms with E-state index in [0.717, 1.165) is 43.6 Å². The molecule has 6 rings (SSSR count). The van der Waals surface area contributed by atoms with Crippen LogP contribution in [0.15, 0.2) is 94.4 Å². The Bertz CT molecular complexity index is 1820. The van der Waals surface area contributed by atoms with Crippen molar-refractivity contribution in [2.75, 3.05) is 35.8 Å². The van der Waals surface area contributed by atoms with Gasteiger partial charge in [-0.2, -0.15) is 20.1 Å². The number of aryl methyl sites for hydroxylation is 1. The lowest BCUT2D eigenvalue weighted by molar-refractivity contribution is -0.384. The van der Waals surface area contributed by atoms with Crippen LogP contribution >= 0.6 is 0 Å². The number of hydrogen-bond acceptors (Lipinski definition) is 11. The smallest absolute Gasteiger partial charge is 0.270 e. The molecule has 46 heavy (non-hydrogen) atoms. The lowest BCUT2D eigenvalue weighted by Crippen LogP contribution is -2.35. The lowest BCUT2D eigenvalue weighted by Gasteiger charge is -2.32. The second-order valence-corrected chi connectivity index (χ2v) is 11.1. The fourth-order valence-electron chi connectivity index (χ4n) is 5.39. The van der Waals surface area contributed by atoms with Gasteiger partial charge in [0.15, 0.2) is 0 Å². The molecule has 0 unspecified atom stereocenters. The maximum absolute atomic E-state index is 11.3. The summed E-state index contributed by atoms with van der Waals surface area (Å²) in [6, 6.07) is 26.4. The molecule has 0 aliphatic carbocycles. The van der Waals surface area contributed by atoms with E-state index in [0.29, 0.717) is 40.6 Å². The lowest BCUT2D eigenvalue weighted by atomic mass is 9.90. The number of nitrogens with zero attached hydrogens (tertiary/aromatic N) is 6. The second-order valence-electron chi connectivity index (χ2n) is 11.1. The number of nitrogens with one attached hydrogen (secondary N) is 2. The number of furan rings is 1. The van der Waals surface area contributed by atoms with Crippen LogP contribution in [0.1, 0.15) is 29.7 Å². The van der Waals surface area contributed by atoms with Gasteiger partial charge >= 0.3 is 0 Å². The number of benzene rings is 3. The number of hydrogen-bond donors (Lipinski definition) is 2. The van der Waals surface area contributed by atoms with Gasteiger partial charge in [0.25, 0.3) is 5.69 Å². The van der Waals surface area contributed by atoms with Crippen molar-refractivity contribution in [2.45, 2.75) is 26.2 Å². The molecule has 0 atom stereocenters. The van der Waals surface area contributed by atoms with Gasteiger partial charge in [0, 0.05) is 30.9 Å². The van der Waals surface area contributed by atoms with Crippen LogP contribution in [0.25, 0.3) is 11.3 Å². The summed E-state index contributed by atoms with van der Waals surface area (Å²) in [7, 11) is 1.50. The van der Waals surface area contributed by atoms with Crippen molar-refractivity contribution >= 4 is 35.4 Å². The van der Waals surface area contributed by atoms with Gasteiger partial charge in [-0.1, -0.05) is 48.0 Å². The summed E-state index contributed by atoms with van der Waals surface area (Å²) >= 11 is 0. The van der Waals surface area contributed by atoms with Crippen molar-refractivity contribution in [3.05, 3.63) is 112 Å². The van der Waals surface area contributed by atoms with Crippen molar-refractivity contribution in [3.8, 4) is 17.1 Å². The maximum atomic E-state index is 11.3. The molecule has 3 heterocycles. The highest BCUT2D eigenvalue weighted by molar-refractivity contribution is 5.79. The van der Waals surface area contributed by atoms with Crippen LogP contribution in [0.3, 0.4) is 0 Å². The number of ether oxygens (including phenoxy) is 1. The summed E-state index contributed by atoms with van der Waals surface area (Å²) in [5, 5.41) is 18.9. The zero-order valence-electron chi connectivity index (χ0n) is 25.6. The molecule has 0 bridgehead atoms. The fraction of sp³-hybridized carbons (Fsp3) is 0.235. The molecule has 2 aromatic heterocycles. The molecule has 2 N–H and O–H groups in total. The Labute approximate surface area is 266 Å². The third kappa shape index (κ3) is 7.46. The number of nitro benzene ring substituents is 1. The van der Waals surface area contributed by atoms with Gasteiger partial charge in [0.2, 0.25) is 17.8 Å². The largest absolute Gasteiger partial charge is 0.496 e. The Morgan fingerprint density at radius 2 is 1.76 bits per heavy atom. The van der Waals surface area contributed by atoms with Gasteiger partial charge in [-0.15, -0.1) is 0 Å². The molecule has 12 nitrogen and oxygen atoms in total. The van der Waals surface area contributed by atoms with Gasteiger partial charge in [0.1, 0.15) is 17.3 Å². The summed E-state index contributed by atoms with van der Waals surface area (Å²) in [5.74, 6) is 3.13. The predicted molar refractivity (Wildman–Crippen MR) is 178 cm³/mol. The Kier molecular flexibility index (Phi) is 9.14. The van der Waals surface area contributed by atoms with E-state index >= 15 is 0 Å². The quantitative estimate of drug-likeness (QED) is 0.0901. The van der Waals surface area contributed by atoms with Crippen LogP contribution in [0, 0.1) is 23.0 Å². The van der Waals surface area contributed by atoms with Crippen LogP contribution < -0.4 is 20.4 Å². The first-order chi connectivity index (χ1) is 22.4. The second kappa shape index (κ2) is 13.9. The van der Waals surface area contributed by atoms with Crippen molar-refractivity contribution in [3.63, 3.8) is 0 Å². The van der Waals surface area contributed by atoms with E-state index in [-0.39, 0.29) is 11.6 Å². The average Bonchev–Trinajstić information content (AvgIpc) is 3.55. The topological polar surface area (TPSA) is 144 Å². The predicted octanol–water partition coefficient (Wildman–Crippen LogP) is 7.01. The van der Waals surface area contributed by atoms with Crippen molar-refractivity contribution in [1.29, 1.82) is 0 Å². The molecule has 1 aliphatic rings. The van der Waals surface area contributed by atoms with Crippen LogP contribution in [0.4, 0.5) is 29.2 Å². The van der Waals surface area contributed by atoms with Gasteiger partial charge < -0.3 is 19.4 Å². The number of anilines is 4. The van der Waals surface area contributed by atoms with Crippen LogP contribution in [0.5, 0.6) is 5.75 Å². The Morgan fingerprint density at radius 1 is 1.00 bits per heavy atom. The normalized spacial score (nSPS) is 13.6. The number of aromatic nitrogens is 3. The molecule has 5 aromatic rings. The van der Waals surface area contributed by atoms with Gasteiger partial charge in [-0.3, -0.25) is 10.1 Å². The molecule has 1 aliphatic heterocycles. The third-order valence-corrected chi connectivity index (χ3v) is 7.84. The molecule has 3 aromatic carbocycles. The molecule has 0 amide bonds. The fourth-order valence-corrected chi connectivity index (χ4v) is 5.39. The average molecular weight is 619 g/mol. The summed E-state index contributed by atoms with van der Waals surface area (Å²) < 4.78 is 11.3. The molecule has 1 saturated heterocycles. The Hall–Kier alpha value is -5.78. The highest BCUT2D eigenvalue weighted by Gasteiger charge is 2.23. The standard InChI is InChI=1S/C34H34N8O4/c1-23-8-10-26(11-9-23)36-32-37-33(39-34(38-32)41-18-16-25(17-19-41)20-24-6-4-3-5-7-24)40-35-22-28-13-15-31(46-28)29-21-27(42(43)44)12-14-30(29)45-2/h3-15,21-22,25H,16-20H2,1-2H3,(H2,36,37,38,39,40)/b35-22-. The van der Waals surface area contributed by atoms with Crippen LogP contribution in [0.2, 0.25) is 0 Å². The maximum Gasteiger partial charge on any atom is 0.270 e. The van der Waals surface area contributed by atoms with Gasteiger partial charge in [-0.25, -0.2) is 5.43 Å². The van der Waals surface area contributed by atoms with Gasteiger partial charge in [-0.05, 0) is 68.0 Å². The summed E-state index contributed by atoms with van der Waals surface area (Å²) in [4.78, 5) is 27.0. The van der Waals surface area contributed by atoms with Crippen LogP contribution in [-0.2, 0) is 6.42 Å². The minimum absolute atomic E-state index is 0.0646. The molecule has 0 saturated carbocycles. The van der Waals surface area contributed by atoms with E-state index in [9.17, 15) is 10.1 Å². The van der Waals surface area contributed by atoms with E-state index in [2.05, 4.69) is 61.0 Å². The van der Waals surface area contributed by atoms with Gasteiger partial charge in [0.05, 0.1) is 23.8 Å². The van der Waals surface area contributed by atoms with Crippen molar-refractivity contribution in [1.82, 2.24) is 15.0 Å². The molecule has 12 heteroatoms. The van der Waals surface area contributed by atoms with E-state index in [1.807, 2.05) is 31.2 Å². The zero-order chi connectivity index (χ0) is 31.9. The highest BCUT2D eigenvalue weighted by Crippen LogP contribution is 2.34. The zero-order valence-corrected chi connectivity index (χ0v) is 25.6. The summed E-state index contributed by atoms with van der Waals surface area (Å²) in [5.41, 5.74) is 6.69. The van der Waals surface area contributed by atoms with Crippen molar-refractivity contribution in [2.24, 2.45) is 11.0 Å². The molecule has 0 spiro atoms. The SMILES string of the molecule is COc1ccc([N+](=O)[O-])cc1-c1ccc(/C=N\Nc2nc(Nc3ccc(C)cc3)nc(N3CCC(Cc4ccccc4)CC3)n2)o1. The third-order valence-electron chi connectivity index (χ3n) is 7.84. The van der Waals surface area contributed by atoms with E-state index in [4.69, 9.17) is 14.1 Å². The van der Waals surface area contributed by atoms with Crippen LogP contribution in [-0.4, -0.2) is 46.3 Å². The number of rotatable bonds is 11. The first kappa shape index (κ1) is 30.3. The highest BCUT2D eigenvalue weighted by atomic mass is 16.6. The van der Waals surface area contributed by atoms with E-state index in [1.165, 1.54) is 37.1 Å². The van der Waals surface area contributed by atoms with E-state index in [1.54, 1.807) is 12.1 Å². The summed E-state index contributed by atoms with van der Waals surface area (Å²) in [6.45, 7) is 3.71. The first-order valence-corrected chi connectivity index (χ1v) is 15.0. The minimum atomic E-state index is -0.462. The number of hydrazone groups is 1. The molecule has 0 radical (unpaired) electrons. The number of piperidine rings is 1. The Morgan fingerprint density at radius 3 is 2.50 bits per heavy atom. The Balaban J connectivity index is 1.18. The number of non-ortho nitro benzene ring substituents is 1. The first-order valence-electron chi connectivity index (χ1n) is 15.0. The molecular weight excluding hydrogens is 584 g/mol. The monoisotopic (exact) mass is 618 g/mol.